The summed E-state index contributed by atoms with van der Waals surface area (Å²) in [7, 11) is 0. The monoisotopic (exact) mass is 404 g/mol. The minimum absolute atomic E-state index is 0.0130. The molecule has 0 N–H and O–H groups in total. The highest BCUT2D eigenvalue weighted by Crippen LogP contribution is 2.31. The maximum absolute atomic E-state index is 13.4. The summed E-state index contributed by atoms with van der Waals surface area (Å²) >= 11 is 5.83. The summed E-state index contributed by atoms with van der Waals surface area (Å²) in [6.45, 7) is 5.55. The van der Waals surface area contributed by atoms with Crippen LogP contribution in [0, 0.1) is 11.7 Å². The summed E-state index contributed by atoms with van der Waals surface area (Å²) < 4.78 is 15.2. The summed E-state index contributed by atoms with van der Waals surface area (Å²) in [5.41, 5.74) is 2.35. The number of hydrogen-bond donors (Lipinski definition) is 0. The van der Waals surface area contributed by atoms with Crippen molar-refractivity contribution < 1.29 is 14.0 Å². The van der Waals surface area contributed by atoms with E-state index in [1.54, 1.807) is 22.1 Å². The highest BCUT2D eigenvalue weighted by Gasteiger charge is 2.35. The maximum Gasteiger partial charge on any atom is 0.229 e. The van der Waals surface area contributed by atoms with Crippen molar-refractivity contribution in [2.75, 3.05) is 11.4 Å². The van der Waals surface area contributed by atoms with Gasteiger partial charge in [0.05, 0.1) is 42.1 Å². The van der Waals surface area contributed by atoms with E-state index in [-0.39, 0.29) is 35.2 Å². The number of aromatic nitrogens is 2. The number of rotatable bonds is 3. The van der Waals surface area contributed by atoms with Gasteiger partial charge in [0.15, 0.2) is 0 Å². The van der Waals surface area contributed by atoms with Crippen molar-refractivity contribution >= 4 is 29.1 Å². The highest BCUT2D eigenvalue weighted by molar-refractivity contribution is 6.30. The minimum Gasteiger partial charge on any atom is -0.332 e. The third-order valence-electron chi connectivity index (χ3n) is 5.64. The lowest BCUT2D eigenvalue weighted by molar-refractivity contribution is -0.134. The second-order valence-corrected chi connectivity index (χ2v) is 8.04. The van der Waals surface area contributed by atoms with E-state index >= 15 is 0 Å². The predicted octanol–water partition coefficient (Wildman–Crippen LogP) is 3.02. The Kier molecular flexibility index (Phi) is 4.87. The molecule has 0 spiro atoms. The normalized spacial score (nSPS) is 21.9. The molecule has 0 aliphatic carbocycles. The quantitative estimate of drug-likeness (QED) is 0.790. The van der Waals surface area contributed by atoms with E-state index in [0.29, 0.717) is 25.2 Å². The van der Waals surface area contributed by atoms with Crippen molar-refractivity contribution in [1.29, 1.82) is 0 Å². The zero-order valence-corrected chi connectivity index (χ0v) is 16.6. The standard InChI is InChI=1S/C20H22ClFN4O2/c1-12-5-6-24(20(12)28)17-9-23-26-10-13(2)25(11-18(17)26)19(27)8-14-3-4-16(22)15(21)7-14/h3-4,7,9,12-13H,5-6,8,10-11H2,1-2H3/t12?,13-/m0/s1. The zero-order chi connectivity index (χ0) is 20.0. The molecule has 1 saturated heterocycles. The van der Waals surface area contributed by atoms with Crippen LogP contribution in [0.25, 0.3) is 0 Å². The highest BCUT2D eigenvalue weighted by atomic mass is 35.5. The Labute approximate surface area is 167 Å². The van der Waals surface area contributed by atoms with Crippen molar-refractivity contribution in [3.05, 3.63) is 46.5 Å². The van der Waals surface area contributed by atoms with Crippen molar-refractivity contribution in [3.8, 4) is 0 Å². The first-order valence-electron chi connectivity index (χ1n) is 9.44. The van der Waals surface area contributed by atoms with Crippen LogP contribution in [0.1, 0.15) is 31.5 Å². The molecule has 2 atom stereocenters. The number of carbonyl (C=O) groups is 2. The van der Waals surface area contributed by atoms with E-state index in [2.05, 4.69) is 5.10 Å². The largest absolute Gasteiger partial charge is 0.332 e. The van der Waals surface area contributed by atoms with Gasteiger partial charge in [-0.3, -0.25) is 14.3 Å². The number of amides is 2. The van der Waals surface area contributed by atoms with Gasteiger partial charge in [0, 0.05) is 18.5 Å². The minimum atomic E-state index is -0.498. The number of nitrogens with zero attached hydrogens (tertiary/aromatic N) is 4. The third-order valence-corrected chi connectivity index (χ3v) is 5.93. The molecule has 3 heterocycles. The van der Waals surface area contributed by atoms with Gasteiger partial charge in [0.2, 0.25) is 11.8 Å². The molecule has 0 saturated carbocycles. The van der Waals surface area contributed by atoms with E-state index in [9.17, 15) is 14.0 Å². The summed E-state index contributed by atoms with van der Waals surface area (Å²) in [5, 5.41) is 4.45. The fraction of sp³-hybridized carbons (Fsp3) is 0.450. The van der Waals surface area contributed by atoms with Gasteiger partial charge >= 0.3 is 0 Å². The Balaban J connectivity index is 1.55. The average Bonchev–Trinajstić information content (AvgIpc) is 3.20. The molecular weight excluding hydrogens is 383 g/mol. The first-order chi connectivity index (χ1) is 13.3. The van der Waals surface area contributed by atoms with E-state index < -0.39 is 5.82 Å². The molecule has 2 aliphatic rings. The molecule has 2 aromatic rings. The zero-order valence-electron chi connectivity index (χ0n) is 15.9. The molecule has 1 fully saturated rings. The fourth-order valence-electron chi connectivity index (χ4n) is 3.93. The van der Waals surface area contributed by atoms with Gasteiger partial charge in [-0.1, -0.05) is 24.6 Å². The number of fused-ring (bicyclic) bond motifs is 1. The van der Waals surface area contributed by atoms with Gasteiger partial charge in [0.1, 0.15) is 5.82 Å². The molecule has 6 nitrogen and oxygen atoms in total. The van der Waals surface area contributed by atoms with Crippen LogP contribution >= 0.6 is 11.6 Å². The van der Waals surface area contributed by atoms with Crippen molar-refractivity contribution in [3.63, 3.8) is 0 Å². The topological polar surface area (TPSA) is 58.4 Å². The van der Waals surface area contributed by atoms with Crippen molar-refractivity contribution in [2.24, 2.45) is 5.92 Å². The van der Waals surface area contributed by atoms with Gasteiger partial charge in [-0.25, -0.2) is 4.39 Å². The molecule has 148 valence electrons. The predicted molar refractivity (Wildman–Crippen MR) is 103 cm³/mol. The second kappa shape index (κ2) is 7.20. The molecule has 4 rings (SSSR count). The van der Waals surface area contributed by atoms with E-state index in [0.717, 1.165) is 17.8 Å². The number of anilines is 1. The van der Waals surface area contributed by atoms with E-state index in [4.69, 9.17) is 11.6 Å². The van der Waals surface area contributed by atoms with Crippen LogP contribution in [0.5, 0.6) is 0 Å². The molecule has 1 unspecified atom stereocenters. The molecular formula is C20H22ClFN4O2. The first kappa shape index (κ1) is 18.9. The lowest BCUT2D eigenvalue weighted by Crippen LogP contribution is -2.46. The molecule has 1 aromatic heterocycles. The number of hydrogen-bond acceptors (Lipinski definition) is 3. The molecule has 0 bridgehead atoms. The van der Waals surface area contributed by atoms with Gasteiger partial charge < -0.3 is 9.80 Å². The second-order valence-electron chi connectivity index (χ2n) is 7.63. The van der Waals surface area contributed by atoms with E-state index in [1.807, 2.05) is 18.5 Å². The Morgan fingerprint density at radius 1 is 1.36 bits per heavy atom. The van der Waals surface area contributed by atoms with Crippen LogP contribution in [0.15, 0.2) is 24.4 Å². The number of halogens is 2. The third kappa shape index (κ3) is 3.28. The van der Waals surface area contributed by atoms with Gasteiger partial charge in [-0.2, -0.15) is 5.10 Å². The average molecular weight is 405 g/mol. The smallest absolute Gasteiger partial charge is 0.229 e. The van der Waals surface area contributed by atoms with Gasteiger partial charge in [-0.15, -0.1) is 0 Å². The van der Waals surface area contributed by atoms with Crippen LogP contribution < -0.4 is 4.90 Å². The molecule has 28 heavy (non-hydrogen) atoms. The Morgan fingerprint density at radius 3 is 2.82 bits per heavy atom. The van der Waals surface area contributed by atoms with Crippen molar-refractivity contribution in [1.82, 2.24) is 14.7 Å². The molecule has 1 aromatic carbocycles. The molecule has 2 aliphatic heterocycles. The van der Waals surface area contributed by atoms with Crippen LogP contribution in [0.2, 0.25) is 5.02 Å². The fourth-order valence-corrected chi connectivity index (χ4v) is 4.14. The molecule has 0 radical (unpaired) electrons. The SMILES string of the molecule is CC1CCN(c2cnn3c2CN(C(=O)Cc2ccc(F)c(Cl)c2)[C@@H](C)C3)C1=O. The molecule has 8 heteroatoms. The van der Waals surface area contributed by atoms with Crippen LogP contribution in [0.3, 0.4) is 0 Å². The summed E-state index contributed by atoms with van der Waals surface area (Å²) in [6.07, 6.45) is 2.70. The number of benzene rings is 1. The van der Waals surface area contributed by atoms with Crippen LogP contribution in [-0.4, -0.2) is 39.1 Å². The first-order valence-corrected chi connectivity index (χ1v) is 9.82. The van der Waals surface area contributed by atoms with Crippen molar-refractivity contribution in [2.45, 2.75) is 45.8 Å². The molecule has 2 amide bonds. The summed E-state index contributed by atoms with van der Waals surface area (Å²) in [4.78, 5) is 28.9. The van der Waals surface area contributed by atoms with E-state index in [1.165, 1.54) is 12.1 Å². The Hall–Kier alpha value is -2.41. The number of carbonyl (C=O) groups excluding carboxylic acids is 2. The Morgan fingerprint density at radius 2 is 2.14 bits per heavy atom. The lowest BCUT2D eigenvalue weighted by atomic mass is 10.1. The maximum atomic E-state index is 13.4. The van der Waals surface area contributed by atoms with Crippen LogP contribution in [-0.2, 0) is 29.1 Å². The lowest BCUT2D eigenvalue weighted by Gasteiger charge is -2.35. The van der Waals surface area contributed by atoms with Crippen LogP contribution in [0.4, 0.5) is 10.1 Å². The van der Waals surface area contributed by atoms with Gasteiger partial charge in [0.25, 0.3) is 0 Å². The summed E-state index contributed by atoms with van der Waals surface area (Å²) in [6, 6.07) is 4.31. The summed E-state index contributed by atoms with van der Waals surface area (Å²) in [5.74, 6) is -0.441. The van der Waals surface area contributed by atoms with Gasteiger partial charge in [-0.05, 0) is 31.0 Å². The Bertz CT molecular complexity index is 944.